The summed E-state index contributed by atoms with van der Waals surface area (Å²) in [6.07, 6.45) is -2.57. The molecule has 152 valence electrons. The molecule has 0 spiro atoms. The Kier molecular flexibility index (Phi) is 7.91. The highest BCUT2D eigenvalue weighted by molar-refractivity contribution is 5.80. The first-order valence-corrected chi connectivity index (χ1v) is 9.23. The van der Waals surface area contributed by atoms with E-state index in [0.717, 1.165) is 6.42 Å². The molecule has 0 aliphatic carbocycles. The Hall–Kier alpha value is -1.80. The third-order valence-electron chi connectivity index (χ3n) is 4.79. The van der Waals surface area contributed by atoms with Gasteiger partial charge in [0.1, 0.15) is 0 Å². The molecule has 1 saturated heterocycles. The fourth-order valence-electron chi connectivity index (χ4n) is 3.27. The summed E-state index contributed by atoms with van der Waals surface area (Å²) < 4.78 is 37.6. The lowest BCUT2D eigenvalue weighted by Crippen LogP contribution is -2.49. The molecule has 2 atom stereocenters. The zero-order valence-electron chi connectivity index (χ0n) is 16.3. The molecule has 27 heavy (non-hydrogen) atoms. The molecule has 0 bridgehead atoms. The average Bonchev–Trinajstić information content (AvgIpc) is 3.02. The van der Waals surface area contributed by atoms with Crippen molar-refractivity contribution < 1.29 is 13.2 Å². The maximum atomic E-state index is 12.5. The molecule has 1 heterocycles. The Morgan fingerprint density at radius 3 is 2.59 bits per heavy atom. The van der Waals surface area contributed by atoms with E-state index in [2.05, 4.69) is 32.7 Å². The Bertz CT molecular complexity index is 589. The van der Waals surface area contributed by atoms with Gasteiger partial charge in [-0.1, -0.05) is 30.3 Å². The van der Waals surface area contributed by atoms with Crippen LogP contribution in [0, 0.1) is 0 Å². The van der Waals surface area contributed by atoms with Crippen LogP contribution in [0.1, 0.15) is 12.0 Å². The van der Waals surface area contributed by atoms with Crippen molar-refractivity contribution in [3.8, 4) is 0 Å². The van der Waals surface area contributed by atoms with Gasteiger partial charge >= 0.3 is 6.18 Å². The Morgan fingerprint density at radius 1 is 1.30 bits per heavy atom. The molecule has 1 aromatic carbocycles. The van der Waals surface area contributed by atoms with Crippen LogP contribution in [0.25, 0.3) is 0 Å². The second kappa shape index (κ2) is 9.94. The van der Waals surface area contributed by atoms with Crippen molar-refractivity contribution in [3.63, 3.8) is 0 Å². The van der Waals surface area contributed by atoms with Crippen LogP contribution in [0.2, 0.25) is 0 Å². The number of halogens is 3. The summed E-state index contributed by atoms with van der Waals surface area (Å²) in [5.41, 5.74) is 1.26. The maximum Gasteiger partial charge on any atom is 0.401 e. The number of nitrogens with one attached hydrogen (secondary N) is 2. The van der Waals surface area contributed by atoms with Gasteiger partial charge < -0.3 is 15.5 Å². The number of hydrogen-bond donors (Lipinski definition) is 2. The Labute approximate surface area is 159 Å². The van der Waals surface area contributed by atoms with Gasteiger partial charge in [-0.15, -0.1) is 0 Å². The zero-order chi connectivity index (χ0) is 19.9. The van der Waals surface area contributed by atoms with E-state index in [1.54, 1.807) is 7.05 Å². The van der Waals surface area contributed by atoms with Gasteiger partial charge in [0.2, 0.25) is 0 Å². The van der Waals surface area contributed by atoms with Gasteiger partial charge in [-0.2, -0.15) is 13.2 Å². The number of likely N-dealkylation sites (N-methyl/N-ethyl adjacent to an activating group) is 1. The average molecular weight is 385 g/mol. The van der Waals surface area contributed by atoms with E-state index < -0.39 is 12.7 Å². The first-order chi connectivity index (χ1) is 12.8. The lowest BCUT2D eigenvalue weighted by Gasteiger charge is -2.26. The van der Waals surface area contributed by atoms with Crippen molar-refractivity contribution in [2.75, 3.05) is 47.3 Å². The first-order valence-electron chi connectivity index (χ1n) is 9.23. The molecule has 0 amide bonds. The number of alkyl halides is 3. The molecule has 2 rings (SSSR count). The normalized spacial score (nSPS) is 20.1. The smallest absolute Gasteiger partial charge is 0.355 e. The van der Waals surface area contributed by atoms with Crippen molar-refractivity contribution in [2.45, 2.75) is 31.1 Å². The number of likely N-dealkylation sites (tertiary alicyclic amines) is 1. The fourth-order valence-corrected chi connectivity index (χ4v) is 3.27. The van der Waals surface area contributed by atoms with Crippen molar-refractivity contribution >= 4 is 5.96 Å². The number of nitrogens with zero attached hydrogens (tertiary/aromatic N) is 3. The number of benzene rings is 1. The SMILES string of the molecule is CN=C(NCC(Cc1ccccc1)N(C)C)NC1CCN(CC(F)(F)F)C1. The number of aliphatic imine (C=N–C) groups is 1. The van der Waals surface area contributed by atoms with Crippen molar-refractivity contribution in [1.29, 1.82) is 0 Å². The van der Waals surface area contributed by atoms with E-state index in [9.17, 15) is 13.2 Å². The second-order valence-electron chi connectivity index (χ2n) is 7.24. The minimum atomic E-state index is -4.15. The van der Waals surface area contributed by atoms with Crippen molar-refractivity contribution in [1.82, 2.24) is 20.4 Å². The number of rotatable bonds is 7. The summed E-state index contributed by atoms with van der Waals surface area (Å²) >= 11 is 0. The van der Waals surface area contributed by atoms with Crippen molar-refractivity contribution in [2.24, 2.45) is 4.99 Å². The Morgan fingerprint density at radius 2 is 2.00 bits per heavy atom. The molecule has 1 fully saturated rings. The molecule has 2 N–H and O–H groups in total. The molecule has 8 heteroatoms. The highest BCUT2D eigenvalue weighted by Gasteiger charge is 2.34. The summed E-state index contributed by atoms with van der Waals surface area (Å²) in [6, 6.07) is 10.5. The highest BCUT2D eigenvalue weighted by atomic mass is 19.4. The molecule has 1 aliphatic rings. The van der Waals surface area contributed by atoms with E-state index in [1.165, 1.54) is 10.5 Å². The predicted octanol–water partition coefficient (Wildman–Crippen LogP) is 1.96. The van der Waals surface area contributed by atoms with Crippen LogP contribution in [0.4, 0.5) is 13.2 Å². The lowest BCUT2D eigenvalue weighted by molar-refractivity contribution is -0.143. The molecule has 0 aromatic heterocycles. The summed E-state index contributed by atoms with van der Waals surface area (Å²) in [5, 5.41) is 6.57. The van der Waals surface area contributed by atoms with E-state index in [4.69, 9.17) is 0 Å². The van der Waals surface area contributed by atoms with Gasteiger partial charge in [-0.3, -0.25) is 9.89 Å². The van der Waals surface area contributed by atoms with E-state index in [0.29, 0.717) is 32.0 Å². The predicted molar refractivity (Wildman–Crippen MR) is 103 cm³/mol. The largest absolute Gasteiger partial charge is 0.401 e. The van der Waals surface area contributed by atoms with Crippen LogP contribution in [-0.2, 0) is 6.42 Å². The van der Waals surface area contributed by atoms with E-state index in [-0.39, 0.29) is 12.1 Å². The molecule has 0 saturated carbocycles. The van der Waals surface area contributed by atoms with Crippen LogP contribution < -0.4 is 10.6 Å². The summed E-state index contributed by atoms with van der Waals surface area (Å²) in [7, 11) is 5.76. The van der Waals surface area contributed by atoms with Gasteiger partial charge in [-0.25, -0.2) is 0 Å². The van der Waals surface area contributed by atoms with Gasteiger partial charge in [0.25, 0.3) is 0 Å². The standard InChI is InChI=1S/C19H30F3N5/c1-23-18(25-16-9-10-27(13-16)14-19(20,21)22)24-12-17(26(2)3)11-15-7-5-4-6-8-15/h4-8,16-17H,9-14H2,1-3H3,(H2,23,24,25). The highest BCUT2D eigenvalue weighted by Crippen LogP contribution is 2.19. The minimum absolute atomic E-state index is 0.0227. The molecule has 1 aromatic rings. The monoisotopic (exact) mass is 385 g/mol. The first kappa shape index (κ1) is 21.5. The quantitative estimate of drug-likeness (QED) is 0.556. The summed E-state index contributed by atoms with van der Waals surface area (Å²) in [4.78, 5) is 7.82. The maximum absolute atomic E-state index is 12.5. The summed E-state index contributed by atoms with van der Waals surface area (Å²) in [6.45, 7) is 0.668. The minimum Gasteiger partial charge on any atom is -0.355 e. The number of hydrogen-bond acceptors (Lipinski definition) is 3. The van der Waals surface area contributed by atoms with Gasteiger partial charge in [0, 0.05) is 38.8 Å². The lowest BCUT2D eigenvalue weighted by atomic mass is 10.1. The van der Waals surface area contributed by atoms with Crippen LogP contribution in [-0.4, -0.2) is 81.3 Å². The van der Waals surface area contributed by atoms with Gasteiger partial charge in [-0.05, 0) is 32.5 Å². The molecule has 2 unspecified atom stereocenters. The molecule has 1 aliphatic heterocycles. The van der Waals surface area contributed by atoms with Crippen LogP contribution in [0.3, 0.4) is 0 Å². The topological polar surface area (TPSA) is 42.9 Å². The van der Waals surface area contributed by atoms with Gasteiger partial charge in [0.05, 0.1) is 6.54 Å². The van der Waals surface area contributed by atoms with E-state index >= 15 is 0 Å². The van der Waals surface area contributed by atoms with Crippen molar-refractivity contribution in [3.05, 3.63) is 35.9 Å². The molecule has 5 nitrogen and oxygen atoms in total. The fraction of sp³-hybridized carbons (Fsp3) is 0.632. The van der Waals surface area contributed by atoms with E-state index in [1.807, 2.05) is 32.3 Å². The third-order valence-corrected chi connectivity index (χ3v) is 4.79. The third kappa shape index (κ3) is 7.76. The number of guanidine groups is 1. The van der Waals surface area contributed by atoms with Gasteiger partial charge in [0.15, 0.2) is 5.96 Å². The second-order valence-corrected chi connectivity index (χ2v) is 7.24. The molecular formula is C19H30F3N5. The Balaban J connectivity index is 1.82. The van der Waals surface area contributed by atoms with Crippen LogP contribution in [0.15, 0.2) is 35.3 Å². The summed E-state index contributed by atoms with van der Waals surface area (Å²) in [5.74, 6) is 0.633. The van der Waals surface area contributed by atoms with Crippen LogP contribution in [0.5, 0.6) is 0 Å². The molecule has 0 radical (unpaired) electrons. The molecular weight excluding hydrogens is 355 g/mol. The zero-order valence-corrected chi connectivity index (χ0v) is 16.3. The van der Waals surface area contributed by atoms with Crippen LogP contribution >= 0.6 is 0 Å².